The van der Waals surface area contributed by atoms with E-state index in [2.05, 4.69) is 243 Å². The van der Waals surface area contributed by atoms with Crippen molar-refractivity contribution < 1.29 is 0 Å². The molecule has 286 valence electrons. The maximum Gasteiger partial charge on any atom is 0.242 e. The lowest BCUT2D eigenvalue weighted by atomic mass is 9.39. The van der Waals surface area contributed by atoms with Gasteiger partial charge in [-0.15, -0.1) is 0 Å². The zero-order chi connectivity index (χ0) is 41.0. The number of fused-ring (bicyclic) bond motifs is 6. The van der Waals surface area contributed by atoms with Gasteiger partial charge in [-0.05, 0) is 90.0 Å². The third kappa shape index (κ3) is 6.27. The first-order chi connectivity index (χ1) is 30.7. The van der Waals surface area contributed by atoms with Crippen LogP contribution in [0.3, 0.4) is 0 Å². The number of hydrogen-bond donors (Lipinski definition) is 0. The number of hydrogen-bond acceptors (Lipinski definition) is 0. The molecule has 62 heavy (non-hydrogen) atoms. The molecule has 12 rings (SSSR count). The van der Waals surface area contributed by atoms with Crippen molar-refractivity contribution in [2.75, 3.05) is 0 Å². The van der Waals surface area contributed by atoms with E-state index in [-0.39, 0.29) is 13.4 Å². The zero-order valence-electron chi connectivity index (χ0n) is 34.2. The van der Waals surface area contributed by atoms with Gasteiger partial charge in [0.05, 0.1) is 0 Å². The molecule has 0 aromatic heterocycles. The molecule has 0 spiro atoms. The van der Waals surface area contributed by atoms with Gasteiger partial charge >= 0.3 is 0 Å². The summed E-state index contributed by atoms with van der Waals surface area (Å²) >= 11 is 0. The largest absolute Gasteiger partial charge is 0.242 e. The summed E-state index contributed by atoms with van der Waals surface area (Å²) in [5, 5.41) is 0. The quantitative estimate of drug-likeness (QED) is 0.141. The summed E-state index contributed by atoms with van der Waals surface area (Å²) in [6.07, 6.45) is 0. The fraction of sp³-hybridized carbons (Fsp3) is 0. The van der Waals surface area contributed by atoms with Crippen LogP contribution in [0.4, 0.5) is 0 Å². The lowest BCUT2D eigenvalue weighted by Gasteiger charge is -2.14. The molecule has 0 saturated carbocycles. The Morgan fingerprint density at radius 1 is 0.177 bits per heavy atom. The summed E-state index contributed by atoms with van der Waals surface area (Å²) in [5.41, 5.74) is 25.9. The number of rotatable bonds is 7. The number of benzene rings is 10. The van der Waals surface area contributed by atoms with Crippen LogP contribution in [-0.4, -0.2) is 13.4 Å². The third-order valence-electron chi connectivity index (χ3n) is 13.3. The molecule has 2 aliphatic rings. The van der Waals surface area contributed by atoms with Crippen molar-refractivity contribution in [3.63, 3.8) is 0 Å². The van der Waals surface area contributed by atoms with Gasteiger partial charge < -0.3 is 0 Å². The van der Waals surface area contributed by atoms with E-state index in [4.69, 9.17) is 0 Å². The first kappa shape index (κ1) is 36.2. The van der Waals surface area contributed by atoms with Crippen molar-refractivity contribution in [1.82, 2.24) is 0 Å². The highest BCUT2D eigenvalue weighted by molar-refractivity contribution is 6.99. The summed E-state index contributed by atoms with van der Waals surface area (Å²) in [6, 6.07) is 89.8. The Balaban J connectivity index is 0.837. The summed E-state index contributed by atoms with van der Waals surface area (Å²) in [6.45, 7) is 0.384. The van der Waals surface area contributed by atoms with Crippen molar-refractivity contribution in [2.45, 2.75) is 0 Å². The first-order valence-corrected chi connectivity index (χ1v) is 21.7. The molecule has 0 radical (unpaired) electrons. The van der Waals surface area contributed by atoms with E-state index in [0.29, 0.717) is 0 Å². The topological polar surface area (TPSA) is 0 Å². The summed E-state index contributed by atoms with van der Waals surface area (Å²) in [4.78, 5) is 0. The molecule has 2 heterocycles. The Morgan fingerprint density at radius 3 is 0.790 bits per heavy atom. The average Bonchev–Trinajstić information content (AvgIpc) is 3.87. The molecule has 2 aliphatic heterocycles. The second-order valence-corrected chi connectivity index (χ2v) is 16.8. The van der Waals surface area contributed by atoms with Gasteiger partial charge in [0.15, 0.2) is 0 Å². The molecule has 0 amide bonds. The Morgan fingerprint density at radius 2 is 0.435 bits per heavy atom. The van der Waals surface area contributed by atoms with E-state index in [9.17, 15) is 0 Å². The lowest BCUT2D eigenvalue weighted by Crippen LogP contribution is -2.48. The minimum atomic E-state index is 0.192. The van der Waals surface area contributed by atoms with Crippen LogP contribution in [0.15, 0.2) is 243 Å². The monoisotopic (exact) mass is 782 g/mol. The molecule has 0 N–H and O–H groups in total. The molecule has 0 fully saturated rings. The molecule has 10 aromatic carbocycles. The molecule has 0 atom stereocenters. The molecule has 0 bridgehead atoms. The summed E-state index contributed by atoms with van der Waals surface area (Å²) < 4.78 is 0. The molecule has 2 heteroatoms. The van der Waals surface area contributed by atoms with Crippen LogP contribution in [0.5, 0.6) is 0 Å². The van der Waals surface area contributed by atoms with Crippen LogP contribution in [0, 0.1) is 0 Å². The van der Waals surface area contributed by atoms with E-state index in [1.54, 1.807) is 0 Å². The second kappa shape index (κ2) is 15.1. The second-order valence-electron chi connectivity index (χ2n) is 16.8. The molecule has 0 unspecified atom stereocenters. The van der Waals surface area contributed by atoms with Gasteiger partial charge in [-0.3, -0.25) is 0 Å². The van der Waals surface area contributed by atoms with E-state index in [0.717, 1.165) is 0 Å². The van der Waals surface area contributed by atoms with Gasteiger partial charge in [0.2, 0.25) is 13.4 Å². The normalized spacial score (nSPS) is 12.1. The van der Waals surface area contributed by atoms with Gasteiger partial charge in [-0.2, -0.15) is 0 Å². The van der Waals surface area contributed by atoms with Gasteiger partial charge in [0.25, 0.3) is 0 Å². The predicted molar refractivity (Wildman–Crippen MR) is 267 cm³/mol. The third-order valence-corrected chi connectivity index (χ3v) is 13.3. The molecular weight excluding hydrogens is 742 g/mol. The fourth-order valence-electron chi connectivity index (χ4n) is 10.2. The zero-order valence-corrected chi connectivity index (χ0v) is 34.2. The van der Waals surface area contributed by atoms with Gasteiger partial charge in [-0.1, -0.05) is 263 Å². The van der Waals surface area contributed by atoms with Crippen molar-refractivity contribution in [3.8, 4) is 77.9 Å². The predicted octanol–water partition coefficient (Wildman–Crippen LogP) is 11.0. The van der Waals surface area contributed by atoms with E-state index in [1.165, 1.54) is 111 Å². The molecule has 0 saturated heterocycles. The van der Waals surface area contributed by atoms with Crippen molar-refractivity contribution >= 4 is 46.2 Å². The first-order valence-electron chi connectivity index (χ1n) is 21.7. The molecular formula is C60H40B2. The minimum absolute atomic E-state index is 0.192. The Hall–Kier alpha value is -7.67. The lowest BCUT2D eigenvalue weighted by molar-refractivity contribution is 1.59. The highest BCUT2D eigenvalue weighted by atomic mass is 14.2. The minimum Gasteiger partial charge on any atom is -0.0686 e. The maximum atomic E-state index is 2.43. The Kier molecular flexibility index (Phi) is 8.82. The van der Waals surface area contributed by atoms with Crippen molar-refractivity contribution in [2.24, 2.45) is 0 Å². The smallest absolute Gasteiger partial charge is 0.0686 e. The van der Waals surface area contributed by atoms with Gasteiger partial charge in [0, 0.05) is 0 Å². The van der Waals surface area contributed by atoms with Crippen LogP contribution >= 0.6 is 0 Å². The molecule has 0 nitrogen and oxygen atoms in total. The fourth-order valence-corrected chi connectivity index (χ4v) is 10.2. The highest BCUT2D eigenvalue weighted by Gasteiger charge is 2.35. The molecule has 10 aromatic rings. The van der Waals surface area contributed by atoms with Crippen LogP contribution in [-0.2, 0) is 0 Å². The van der Waals surface area contributed by atoms with Gasteiger partial charge in [-0.25, -0.2) is 0 Å². The van der Waals surface area contributed by atoms with Crippen LogP contribution < -0.4 is 32.8 Å². The van der Waals surface area contributed by atoms with Crippen LogP contribution in [0.1, 0.15) is 0 Å². The Labute approximate surface area is 365 Å². The van der Waals surface area contributed by atoms with Gasteiger partial charge in [0.1, 0.15) is 0 Å². The maximum absolute atomic E-state index is 2.43. The SMILES string of the molecule is c1ccc(-c2ccc(-c3ccc(B4c5ccccc5-c5cc(-c6ccc7c(c6)-c6ccccc6B7c6ccc(-c7ccc(-c8ccccc8)cc7)cc6)ccc54)cc3)cc2)cc1. The Bertz CT molecular complexity index is 3020. The van der Waals surface area contributed by atoms with E-state index < -0.39 is 0 Å². The molecule has 0 aliphatic carbocycles. The van der Waals surface area contributed by atoms with E-state index >= 15 is 0 Å². The average molecular weight is 783 g/mol. The standard InChI is InChI=1S/C60H40B2/c1-3-11-41(12-4-1)43-19-23-45(24-20-43)47-27-33-51(34-28-47)61-57-17-9-7-15-53(57)55-39-49(31-37-59(55)61)50-32-38-60-56(40-50)54-16-8-10-18-58(54)62(60)52-35-29-48(30-36-52)46-25-21-44(22-26-46)42-13-5-2-6-14-42/h1-40H. The van der Waals surface area contributed by atoms with Crippen molar-refractivity contribution in [1.29, 1.82) is 0 Å². The van der Waals surface area contributed by atoms with E-state index in [1.807, 2.05) is 0 Å². The van der Waals surface area contributed by atoms with Crippen molar-refractivity contribution in [3.05, 3.63) is 243 Å². The summed E-state index contributed by atoms with van der Waals surface area (Å²) in [5.74, 6) is 0. The highest BCUT2D eigenvalue weighted by Crippen LogP contribution is 2.33. The van der Waals surface area contributed by atoms with Crippen LogP contribution in [0.2, 0.25) is 0 Å². The summed E-state index contributed by atoms with van der Waals surface area (Å²) in [7, 11) is 0. The van der Waals surface area contributed by atoms with Crippen LogP contribution in [0.25, 0.3) is 77.9 Å².